The van der Waals surface area contributed by atoms with Gasteiger partial charge < -0.3 is 9.84 Å². The number of nitriles is 1. The Morgan fingerprint density at radius 1 is 1.56 bits per heavy atom. The summed E-state index contributed by atoms with van der Waals surface area (Å²) in [6, 6.07) is 1.80. The third kappa shape index (κ3) is 5.09. The van der Waals surface area contributed by atoms with Gasteiger partial charge >= 0.3 is 13.4 Å². The molecular weight excluding hydrogens is 355 g/mol. The van der Waals surface area contributed by atoms with E-state index >= 15 is 0 Å². The first-order chi connectivity index (χ1) is 11.7. The Hall–Kier alpha value is -1.80. The molecule has 138 valence electrons. The summed E-state index contributed by atoms with van der Waals surface area (Å²) in [6.45, 7) is 1.06. The second kappa shape index (κ2) is 8.05. The zero-order valence-corrected chi connectivity index (χ0v) is 14.3. The van der Waals surface area contributed by atoms with Crippen LogP contribution < -0.4 is 16.8 Å². The van der Waals surface area contributed by atoms with Gasteiger partial charge in [0.05, 0.1) is 31.8 Å². The Kier molecular flexibility index (Phi) is 6.29. The molecule has 4 N–H and O–H groups in total. The molecule has 2 rings (SSSR count). The lowest BCUT2D eigenvalue weighted by Gasteiger charge is -2.18. The number of aromatic amines is 1. The molecule has 1 aromatic heterocycles. The minimum absolute atomic E-state index is 0.00363. The number of hydrogen-bond donors (Lipinski definition) is 3. The average Bonchev–Trinajstić information content (AvgIpc) is 2.90. The van der Waals surface area contributed by atoms with Gasteiger partial charge in [-0.1, -0.05) is 0 Å². The molecule has 4 atom stereocenters. The predicted octanol–water partition coefficient (Wildman–Crippen LogP) is -0.493. The predicted molar refractivity (Wildman–Crippen MR) is 84.5 cm³/mol. The highest BCUT2D eigenvalue weighted by atomic mass is 31.2. The van der Waals surface area contributed by atoms with Gasteiger partial charge in [0.1, 0.15) is 12.3 Å². The van der Waals surface area contributed by atoms with E-state index in [0.717, 1.165) is 4.57 Å². The van der Waals surface area contributed by atoms with Crippen molar-refractivity contribution in [3.05, 3.63) is 32.6 Å². The standard InChI is InChI=1S/C13H19N4O7P/c1-8-6-17(13(20)16-12(8)19)11-5-9(18)10(24-11)7-23-25(15,21)22-4-2-3-14/h6,9-11,18H,2,4-5,7H2,1H3,(H2,15,21)(H,16,19,20)/t9-,10+,11+,25?/m0/s1. The number of nitrogens with zero attached hydrogens (tertiary/aromatic N) is 2. The van der Waals surface area contributed by atoms with Crippen molar-refractivity contribution < 1.29 is 23.5 Å². The van der Waals surface area contributed by atoms with Crippen molar-refractivity contribution >= 4 is 7.75 Å². The molecule has 0 radical (unpaired) electrons. The van der Waals surface area contributed by atoms with Crippen molar-refractivity contribution in [3.63, 3.8) is 0 Å². The summed E-state index contributed by atoms with van der Waals surface area (Å²) in [5.74, 6) is 0. The third-order valence-electron chi connectivity index (χ3n) is 3.56. The Labute approximate surface area is 142 Å². The molecule has 0 aromatic carbocycles. The number of nitrogens with one attached hydrogen (secondary N) is 1. The van der Waals surface area contributed by atoms with Crippen LogP contribution in [0.25, 0.3) is 0 Å². The fourth-order valence-corrected chi connectivity index (χ4v) is 3.04. The van der Waals surface area contributed by atoms with Crippen molar-refractivity contribution in [2.75, 3.05) is 13.2 Å². The molecule has 0 aliphatic carbocycles. The molecule has 11 nitrogen and oxygen atoms in total. The van der Waals surface area contributed by atoms with Crippen LogP contribution in [0.3, 0.4) is 0 Å². The largest absolute Gasteiger partial charge is 0.402 e. The van der Waals surface area contributed by atoms with Crippen LogP contribution in [0.2, 0.25) is 0 Å². The van der Waals surface area contributed by atoms with E-state index in [-0.39, 0.29) is 26.1 Å². The van der Waals surface area contributed by atoms with Gasteiger partial charge in [-0.15, -0.1) is 0 Å². The topological polar surface area (TPSA) is 170 Å². The van der Waals surface area contributed by atoms with Crippen LogP contribution >= 0.6 is 7.75 Å². The number of aromatic nitrogens is 2. The van der Waals surface area contributed by atoms with Gasteiger partial charge in [-0.25, -0.2) is 14.9 Å². The van der Waals surface area contributed by atoms with Crippen LogP contribution in [0.1, 0.15) is 24.6 Å². The van der Waals surface area contributed by atoms with Gasteiger partial charge in [0, 0.05) is 18.2 Å². The summed E-state index contributed by atoms with van der Waals surface area (Å²) in [7, 11) is -3.88. The lowest BCUT2D eigenvalue weighted by molar-refractivity contribution is -0.0433. The molecule has 0 saturated carbocycles. The second-order valence-corrected chi connectivity index (χ2v) is 7.08. The molecule has 1 aliphatic rings. The van der Waals surface area contributed by atoms with Gasteiger partial charge in [0.15, 0.2) is 0 Å². The van der Waals surface area contributed by atoms with Crippen LogP contribution in [0.5, 0.6) is 0 Å². The monoisotopic (exact) mass is 374 g/mol. The van der Waals surface area contributed by atoms with Crippen LogP contribution in [0.15, 0.2) is 15.8 Å². The first-order valence-electron chi connectivity index (χ1n) is 7.44. The molecule has 0 spiro atoms. The Bertz CT molecular complexity index is 814. The van der Waals surface area contributed by atoms with E-state index in [0.29, 0.717) is 5.56 Å². The minimum atomic E-state index is -3.88. The number of rotatable bonds is 7. The van der Waals surface area contributed by atoms with Crippen LogP contribution in [0, 0.1) is 18.3 Å². The van der Waals surface area contributed by atoms with E-state index in [1.54, 1.807) is 6.07 Å². The van der Waals surface area contributed by atoms with Crippen molar-refractivity contribution in [1.29, 1.82) is 5.26 Å². The van der Waals surface area contributed by atoms with Gasteiger partial charge in [0.25, 0.3) is 5.56 Å². The Morgan fingerprint density at radius 2 is 2.28 bits per heavy atom. The molecule has 1 saturated heterocycles. The quantitative estimate of drug-likeness (QED) is 0.421. The van der Waals surface area contributed by atoms with Crippen LogP contribution in [-0.4, -0.2) is 40.1 Å². The normalized spacial score (nSPS) is 25.4. The van der Waals surface area contributed by atoms with Crippen molar-refractivity contribution in [2.45, 2.75) is 38.2 Å². The molecule has 1 aliphatic heterocycles. The van der Waals surface area contributed by atoms with Crippen molar-refractivity contribution in [1.82, 2.24) is 9.55 Å². The Balaban J connectivity index is 1.99. The van der Waals surface area contributed by atoms with Gasteiger partial charge in [-0.05, 0) is 6.92 Å². The Morgan fingerprint density at radius 3 is 2.96 bits per heavy atom. The lowest BCUT2D eigenvalue weighted by Crippen LogP contribution is -2.33. The number of aryl methyl sites for hydroxylation is 1. The maximum absolute atomic E-state index is 11.9. The summed E-state index contributed by atoms with van der Waals surface area (Å²) >= 11 is 0. The van der Waals surface area contributed by atoms with Crippen LogP contribution in [0.4, 0.5) is 0 Å². The highest BCUT2D eigenvalue weighted by Crippen LogP contribution is 2.40. The fraction of sp³-hybridized carbons (Fsp3) is 0.615. The number of aliphatic hydroxyl groups is 1. The van der Waals surface area contributed by atoms with Crippen LogP contribution in [-0.2, 0) is 18.3 Å². The maximum atomic E-state index is 11.9. The molecule has 12 heteroatoms. The van der Waals surface area contributed by atoms with Gasteiger partial charge in [-0.3, -0.25) is 23.4 Å². The van der Waals surface area contributed by atoms with Gasteiger partial charge in [0.2, 0.25) is 0 Å². The molecule has 1 unspecified atom stereocenters. The highest BCUT2D eigenvalue weighted by Gasteiger charge is 2.37. The fourth-order valence-electron chi connectivity index (χ4n) is 2.27. The van der Waals surface area contributed by atoms with E-state index < -0.39 is 37.4 Å². The summed E-state index contributed by atoms with van der Waals surface area (Å²) in [5, 5.41) is 18.4. The molecule has 1 fully saturated rings. The number of ether oxygens (including phenoxy) is 1. The smallest absolute Gasteiger partial charge is 0.390 e. The minimum Gasteiger partial charge on any atom is -0.390 e. The molecule has 25 heavy (non-hydrogen) atoms. The SMILES string of the molecule is Cc1cn([C@H]2C[C@H](O)[C@@H](COP(N)(=O)OCCC#N)O2)c(=O)[nH]c1=O. The average molecular weight is 374 g/mol. The first-order valence-corrected chi connectivity index (χ1v) is 9.05. The first kappa shape index (κ1) is 19.5. The summed E-state index contributed by atoms with van der Waals surface area (Å²) in [4.78, 5) is 25.4. The summed E-state index contributed by atoms with van der Waals surface area (Å²) in [5.41, 5.74) is 4.50. The van der Waals surface area contributed by atoms with E-state index in [1.165, 1.54) is 13.1 Å². The third-order valence-corrected chi connectivity index (χ3v) is 4.62. The molecule has 0 amide bonds. The molecule has 1 aromatic rings. The molecule has 2 heterocycles. The van der Waals surface area contributed by atoms with Gasteiger partial charge in [-0.2, -0.15) is 5.26 Å². The molecular formula is C13H19N4O7P. The number of nitrogens with two attached hydrogens (primary N) is 1. The van der Waals surface area contributed by atoms with E-state index in [2.05, 4.69) is 4.98 Å². The number of H-pyrrole nitrogens is 1. The number of hydrogen-bond acceptors (Lipinski definition) is 8. The van der Waals surface area contributed by atoms with E-state index in [1.807, 2.05) is 0 Å². The lowest BCUT2D eigenvalue weighted by atomic mass is 10.2. The van der Waals surface area contributed by atoms with E-state index in [9.17, 15) is 19.3 Å². The highest BCUT2D eigenvalue weighted by molar-refractivity contribution is 7.51. The summed E-state index contributed by atoms with van der Waals surface area (Å²) in [6.07, 6.45) is -1.29. The molecule has 0 bridgehead atoms. The zero-order valence-electron chi connectivity index (χ0n) is 13.5. The van der Waals surface area contributed by atoms with E-state index in [4.69, 9.17) is 24.6 Å². The number of aliphatic hydroxyl groups excluding tert-OH is 1. The van der Waals surface area contributed by atoms with Crippen molar-refractivity contribution in [2.24, 2.45) is 5.50 Å². The second-order valence-electron chi connectivity index (χ2n) is 5.49. The van der Waals surface area contributed by atoms with Crippen molar-refractivity contribution in [3.8, 4) is 6.07 Å². The maximum Gasteiger partial charge on any atom is 0.402 e. The summed E-state index contributed by atoms with van der Waals surface area (Å²) < 4.78 is 28.3. The zero-order chi connectivity index (χ0) is 18.6.